The number of halogens is 2. The van der Waals surface area contributed by atoms with E-state index in [1.54, 1.807) is 6.92 Å². The summed E-state index contributed by atoms with van der Waals surface area (Å²) < 4.78 is 13.5. The molecule has 5 nitrogen and oxygen atoms in total. The molecule has 0 aromatic heterocycles. The summed E-state index contributed by atoms with van der Waals surface area (Å²) in [7, 11) is 0. The molecule has 0 saturated heterocycles. The zero-order valence-corrected chi connectivity index (χ0v) is 11.6. The molecule has 1 atom stereocenters. The molecule has 0 amide bonds. The number of aliphatic hydroxyl groups excluding tert-OH is 1. The first-order valence-electron chi connectivity index (χ1n) is 5.35. The zero-order chi connectivity index (χ0) is 13.9. The first kappa shape index (κ1) is 14.8. The molecule has 0 spiro atoms. The van der Waals surface area contributed by atoms with Crippen molar-refractivity contribution >= 4 is 27.3 Å². The third-order valence-electron chi connectivity index (χ3n) is 2.80. The molecular weight excluding hydrogens is 307 g/mol. The van der Waals surface area contributed by atoms with Gasteiger partial charge in [0.05, 0.1) is 21.5 Å². The fourth-order valence-corrected chi connectivity index (χ4v) is 1.68. The van der Waals surface area contributed by atoms with E-state index >= 15 is 0 Å². The molecule has 0 saturated carbocycles. The molecule has 100 valence electrons. The summed E-state index contributed by atoms with van der Waals surface area (Å²) in [5.41, 5.74) is -0.916. The standard InChI is InChI=1S/C11H14BrFN2O3/c1-3-11(2,6-16)14-9-5-8(13)7(12)4-10(9)15(17)18/h4-5,14,16H,3,6H2,1-2H3. The summed E-state index contributed by atoms with van der Waals surface area (Å²) in [5, 5.41) is 23.0. The second-order valence-corrected chi connectivity index (χ2v) is 5.09. The molecule has 18 heavy (non-hydrogen) atoms. The van der Waals surface area contributed by atoms with E-state index < -0.39 is 16.3 Å². The molecule has 0 fully saturated rings. The maximum absolute atomic E-state index is 13.4. The van der Waals surface area contributed by atoms with Crippen LogP contribution < -0.4 is 5.32 Å². The van der Waals surface area contributed by atoms with Crippen LogP contribution in [0.1, 0.15) is 20.3 Å². The summed E-state index contributed by atoms with van der Waals surface area (Å²) >= 11 is 2.91. The minimum atomic E-state index is -0.731. The van der Waals surface area contributed by atoms with Gasteiger partial charge < -0.3 is 10.4 Å². The Hall–Kier alpha value is -1.21. The van der Waals surface area contributed by atoms with Crippen molar-refractivity contribution in [1.29, 1.82) is 0 Å². The Kier molecular flexibility index (Phi) is 4.64. The monoisotopic (exact) mass is 320 g/mol. The van der Waals surface area contributed by atoms with Gasteiger partial charge >= 0.3 is 0 Å². The van der Waals surface area contributed by atoms with Gasteiger partial charge in [0.15, 0.2) is 0 Å². The predicted octanol–water partition coefficient (Wildman–Crippen LogP) is 3.07. The van der Waals surface area contributed by atoms with Crippen LogP contribution in [0.5, 0.6) is 0 Å². The Balaban J connectivity index is 3.22. The van der Waals surface area contributed by atoms with Crippen molar-refractivity contribution in [2.45, 2.75) is 25.8 Å². The van der Waals surface area contributed by atoms with Crippen LogP contribution in [0.25, 0.3) is 0 Å². The van der Waals surface area contributed by atoms with Crippen LogP contribution in [0, 0.1) is 15.9 Å². The number of nitro groups is 1. The topological polar surface area (TPSA) is 75.4 Å². The molecule has 0 aliphatic heterocycles. The molecule has 1 aromatic rings. The number of benzene rings is 1. The Bertz CT molecular complexity index is 464. The van der Waals surface area contributed by atoms with Crippen molar-refractivity contribution in [2.24, 2.45) is 0 Å². The van der Waals surface area contributed by atoms with Crippen LogP contribution in [0.4, 0.5) is 15.8 Å². The fraction of sp³-hybridized carbons (Fsp3) is 0.455. The molecule has 0 bridgehead atoms. The van der Waals surface area contributed by atoms with E-state index in [1.807, 2.05) is 6.92 Å². The molecule has 7 heteroatoms. The van der Waals surface area contributed by atoms with Crippen LogP contribution in [0.2, 0.25) is 0 Å². The van der Waals surface area contributed by atoms with Crippen LogP contribution in [-0.4, -0.2) is 22.2 Å². The van der Waals surface area contributed by atoms with Crippen LogP contribution in [0.3, 0.4) is 0 Å². The quantitative estimate of drug-likeness (QED) is 0.645. The molecule has 1 unspecified atom stereocenters. The summed E-state index contributed by atoms with van der Waals surface area (Å²) in [5.74, 6) is -0.598. The number of anilines is 1. The average Bonchev–Trinajstić information content (AvgIpc) is 2.33. The number of rotatable bonds is 5. The lowest BCUT2D eigenvalue weighted by atomic mass is 9.99. The third kappa shape index (κ3) is 3.17. The Morgan fingerprint density at radius 3 is 2.67 bits per heavy atom. The first-order valence-corrected chi connectivity index (χ1v) is 6.14. The van der Waals surface area contributed by atoms with Gasteiger partial charge in [-0.25, -0.2) is 4.39 Å². The fourth-order valence-electron chi connectivity index (χ4n) is 1.35. The lowest BCUT2D eigenvalue weighted by Crippen LogP contribution is -2.38. The van der Waals surface area contributed by atoms with E-state index in [2.05, 4.69) is 21.2 Å². The van der Waals surface area contributed by atoms with Gasteiger partial charge in [0.25, 0.3) is 5.69 Å². The molecule has 0 aliphatic rings. The largest absolute Gasteiger partial charge is 0.394 e. The van der Waals surface area contributed by atoms with E-state index in [9.17, 15) is 19.6 Å². The summed E-state index contributed by atoms with van der Waals surface area (Å²) in [4.78, 5) is 10.3. The van der Waals surface area contributed by atoms with Crippen LogP contribution in [-0.2, 0) is 0 Å². The normalized spacial score (nSPS) is 14.1. The van der Waals surface area contributed by atoms with Crippen LogP contribution in [0.15, 0.2) is 16.6 Å². The van der Waals surface area contributed by atoms with Gasteiger partial charge in [-0.3, -0.25) is 10.1 Å². The van der Waals surface area contributed by atoms with E-state index in [-0.39, 0.29) is 22.5 Å². The van der Waals surface area contributed by atoms with Crippen molar-refractivity contribution in [3.8, 4) is 0 Å². The minimum absolute atomic E-state index is 0.0296. The van der Waals surface area contributed by atoms with Crippen molar-refractivity contribution in [2.75, 3.05) is 11.9 Å². The highest BCUT2D eigenvalue weighted by Crippen LogP contribution is 2.32. The van der Waals surface area contributed by atoms with Gasteiger partial charge in [-0.05, 0) is 29.3 Å². The molecule has 0 aliphatic carbocycles. The van der Waals surface area contributed by atoms with Gasteiger partial charge in [-0.15, -0.1) is 0 Å². The summed E-state index contributed by atoms with van der Waals surface area (Å²) in [6.45, 7) is 3.32. The van der Waals surface area contributed by atoms with Gasteiger partial charge in [0.2, 0.25) is 0 Å². The highest BCUT2D eigenvalue weighted by atomic mass is 79.9. The molecule has 2 N–H and O–H groups in total. The number of aliphatic hydroxyl groups is 1. The van der Waals surface area contributed by atoms with Crippen molar-refractivity contribution < 1.29 is 14.4 Å². The van der Waals surface area contributed by atoms with E-state index in [0.29, 0.717) is 6.42 Å². The van der Waals surface area contributed by atoms with Crippen molar-refractivity contribution in [1.82, 2.24) is 0 Å². The zero-order valence-electron chi connectivity index (χ0n) is 10.0. The molecule has 0 radical (unpaired) electrons. The molecule has 1 rings (SSSR count). The van der Waals surface area contributed by atoms with Gasteiger partial charge in [0.1, 0.15) is 11.5 Å². The third-order valence-corrected chi connectivity index (χ3v) is 3.41. The van der Waals surface area contributed by atoms with Gasteiger partial charge in [-0.2, -0.15) is 0 Å². The summed E-state index contributed by atoms with van der Waals surface area (Å²) in [6, 6.07) is 2.15. The number of nitro benzene ring substituents is 1. The van der Waals surface area contributed by atoms with Crippen LogP contribution >= 0.6 is 15.9 Å². The second kappa shape index (κ2) is 5.62. The number of nitrogens with zero attached hydrogens (tertiary/aromatic N) is 1. The molecule has 0 heterocycles. The van der Waals surface area contributed by atoms with E-state index in [1.165, 1.54) is 0 Å². The molecule has 1 aromatic carbocycles. The van der Waals surface area contributed by atoms with Crippen molar-refractivity contribution in [3.05, 3.63) is 32.5 Å². The maximum Gasteiger partial charge on any atom is 0.293 e. The maximum atomic E-state index is 13.4. The Morgan fingerprint density at radius 2 is 2.22 bits per heavy atom. The smallest absolute Gasteiger partial charge is 0.293 e. The SMILES string of the molecule is CCC(C)(CO)Nc1cc(F)c(Br)cc1[N+](=O)[O-]. The van der Waals surface area contributed by atoms with Crippen molar-refractivity contribution in [3.63, 3.8) is 0 Å². The highest BCUT2D eigenvalue weighted by molar-refractivity contribution is 9.10. The Labute approximate surface area is 112 Å². The second-order valence-electron chi connectivity index (χ2n) is 4.24. The van der Waals surface area contributed by atoms with Gasteiger partial charge in [0, 0.05) is 12.1 Å². The molecular formula is C11H14BrFN2O3. The minimum Gasteiger partial charge on any atom is -0.394 e. The number of hydrogen-bond donors (Lipinski definition) is 2. The van der Waals surface area contributed by atoms with Gasteiger partial charge in [-0.1, -0.05) is 6.92 Å². The summed E-state index contributed by atoms with van der Waals surface area (Å²) in [6.07, 6.45) is 0.540. The lowest BCUT2D eigenvalue weighted by molar-refractivity contribution is -0.384. The lowest BCUT2D eigenvalue weighted by Gasteiger charge is -2.28. The predicted molar refractivity (Wildman–Crippen MR) is 70.2 cm³/mol. The first-order chi connectivity index (χ1) is 8.33. The van der Waals surface area contributed by atoms with E-state index in [0.717, 1.165) is 12.1 Å². The number of nitrogens with one attached hydrogen (secondary N) is 1. The average molecular weight is 321 g/mol. The number of hydrogen-bond acceptors (Lipinski definition) is 4. The van der Waals surface area contributed by atoms with E-state index in [4.69, 9.17) is 0 Å². The Morgan fingerprint density at radius 1 is 1.61 bits per heavy atom. The highest BCUT2D eigenvalue weighted by Gasteiger charge is 2.26.